The molecule has 2 N–H and O–H groups in total. The molecule has 1 saturated heterocycles. The van der Waals surface area contributed by atoms with Gasteiger partial charge in [-0.2, -0.15) is 0 Å². The molecular formula is C11H17N3. The van der Waals surface area contributed by atoms with Crippen LogP contribution in [0, 0.1) is 12.8 Å². The van der Waals surface area contributed by atoms with Crippen molar-refractivity contribution in [3.05, 3.63) is 23.9 Å². The van der Waals surface area contributed by atoms with Crippen LogP contribution in [0.4, 0.5) is 5.82 Å². The Hall–Kier alpha value is -1.09. The molecule has 0 aromatic carbocycles. The van der Waals surface area contributed by atoms with Crippen LogP contribution in [0.3, 0.4) is 0 Å². The first-order valence-corrected chi connectivity index (χ1v) is 5.18. The van der Waals surface area contributed by atoms with Crippen LogP contribution in [0.15, 0.2) is 18.2 Å². The number of aryl methyl sites for hydroxylation is 1. The van der Waals surface area contributed by atoms with Crippen LogP contribution in [0.2, 0.25) is 0 Å². The highest BCUT2D eigenvalue weighted by atomic mass is 15.2. The van der Waals surface area contributed by atoms with E-state index in [-0.39, 0.29) is 0 Å². The van der Waals surface area contributed by atoms with Crippen LogP contribution < -0.4 is 10.6 Å². The summed E-state index contributed by atoms with van der Waals surface area (Å²) in [7, 11) is 0. The Labute approximate surface area is 84.9 Å². The van der Waals surface area contributed by atoms with E-state index in [0.717, 1.165) is 31.1 Å². The van der Waals surface area contributed by atoms with Crippen molar-refractivity contribution in [3.8, 4) is 0 Å². The van der Waals surface area contributed by atoms with Crippen LogP contribution in [0.1, 0.15) is 12.1 Å². The predicted octanol–water partition coefficient (Wildman–Crippen LogP) is 1.18. The van der Waals surface area contributed by atoms with E-state index in [1.165, 1.54) is 6.42 Å². The molecule has 3 nitrogen and oxygen atoms in total. The fourth-order valence-corrected chi connectivity index (χ4v) is 1.94. The Kier molecular flexibility index (Phi) is 2.68. The van der Waals surface area contributed by atoms with Crippen molar-refractivity contribution in [1.82, 2.24) is 4.98 Å². The Morgan fingerprint density at radius 3 is 3.07 bits per heavy atom. The van der Waals surface area contributed by atoms with Gasteiger partial charge in [-0.25, -0.2) is 4.98 Å². The van der Waals surface area contributed by atoms with Gasteiger partial charge in [0.25, 0.3) is 0 Å². The van der Waals surface area contributed by atoms with Gasteiger partial charge in [-0.1, -0.05) is 6.07 Å². The van der Waals surface area contributed by atoms with Crippen molar-refractivity contribution in [2.75, 3.05) is 24.5 Å². The summed E-state index contributed by atoms with van der Waals surface area (Å²) < 4.78 is 0. The molecule has 1 unspecified atom stereocenters. The molecule has 1 aromatic heterocycles. The molecule has 0 radical (unpaired) electrons. The summed E-state index contributed by atoms with van der Waals surface area (Å²) in [6.07, 6.45) is 1.20. The quantitative estimate of drug-likeness (QED) is 0.763. The highest BCUT2D eigenvalue weighted by molar-refractivity contribution is 5.40. The lowest BCUT2D eigenvalue weighted by atomic mass is 10.1. The number of anilines is 1. The minimum Gasteiger partial charge on any atom is -0.356 e. The molecule has 1 aromatic rings. The molecule has 1 fully saturated rings. The summed E-state index contributed by atoms with van der Waals surface area (Å²) in [5, 5.41) is 0. The zero-order chi connectivity index (χ0) is 9.97. The standard InChI is InChI=1S/C11H17N3/c1-9-3-2-4-11(13-9)14-6-5-10(7-12)8-14/h2-4,10H,5-8,12H2,1H3. The molecule has 0 amide bonds. The van der Waals surface area contributed by atoms with E-state index in [4.69, 9.17) is 5.73 Å². The second kappa shape index (κ2) is 3.96. The Bertz CT molecular complexity index is 311. The highest BCUT2D eigenvalue weighted by Crippen LogP contribution is 2.21. The number of pyridine rings is 1. The molecule has 1 aliphatic rings. The predicted molar refractivity (Wildman–Crippen MR) is 58.3 cm³/mol. The van der Waals surface area contributed by atoms with Crippen LogP contribution in [-0.4, -0.2) is 24.6 Å². The number of aromatic nitrogens is 1. The van der Waals surface area contributed by atoms with Crippen molar-refractivity contribution in [2.45, 2.75) is 13.3 Å². The number of nitrogens with zero attached hydrogens (tertiary/aromatic N) is 2. The maximum atomic E-state index is 5.66. The smallest absolute Gasteiger partial charge is 0.128 e. The van der Waals surface area contributed by atoms with Gasteiger partial charge in [-0.15, -0.1) is 0 Å². The molecular weight excluding hydrogens is 174 g/mol. The maximum Gasteiger partial charge on any atom is 0.128 e. The highest BCUT2D eigenvalue weighted by Gasteiger charge is 2.21. The van der Waals surface area contributed by atoms with Gasteiger partial charge >= 0.3 is 0 Å². The summed E-state index contributed by atoms with van der Waals surface area (Å²) in [5.41, 5.74) is 6.74. The first-order chi connectivity index (χ1) is 6.79. The van der Waals surface area contributed by atoms with Crippen molar-refractivity contribution in [1.29, 1.82) is 0 Å². The first kappa shape index (κ1) is 9.46. The molecule has 0 bridgehead atoms. The zero-order valence-electron chi connectivity index (χ0n) is 8.61. The topological polar surface area (TPSA) is 42.1 Å². The molecule has 0 aliphatic carbocycles. The first-order valence-electron chi connectivity index (χ1n) is 5.18. The fourth-order valence-electron chi connectivity index (χ4n) is 1.94. The Morgan fingerprint density at radius 2 is 2.43 bits per heavy atom. The van der Waals surface area contributed by atoms with Crippen LogP contribution in [0.25, 0.3) is 0 Å². The van der Waals surface area contributed by atoms with E-state index in [1.54, 1.807) is 0 Å². The van der Waals surface area contributed by atoms with Crippen molar-refractivity contribution < 1.29 is 0 Å². The van der Waals surface area contributed by atoms with E-state index < -0.39 is 0 Å². The Morgan fingerprint density at radius 1 is 1.57 bits per heavy atom. The fraction of sp³-hybridized carbons (Fsp3) is 0.545. The van der Waals surface area contributed by atoms with Crippen molar-refractivity contribution >= 4 is 5.82 Å². The lowest BCUT2D eigenvalue weighted by Crippen LogP contribution is -2.23. The second-order valence-corrected chi connectivity index (χ2v) is 3.97. The number of hydrogen-bond donors (Lipinski definition) is 1. The molecule has 1 atom stereocenters. The maximum absolute atomic E-state index is 5.66. The third-order valence-electron chi connectivity index (χ3n) is 2.82. The van der Waals surface area contributed by atoms with Gasteiger partial charge in [0.05, 0.1) is 0 Å². The second-order valence-electron chi connectivity index (χ2n) is 3.97. The summed E-state index contributed by atoms with van der Waals surface area (Å²) >= 11 is 0. The normalized spacial score (nSPS) is 21.6. The van der Waals surface area contributed by atoms with Gasteiger partial charge in [-0.3, -0.25) is 0 Å². The van der Waals surface area contributed by atoms with E-state index in [0.29, 0.717) is 5.92 Å². The van der Waals surface area contributed by atoms with Crippen molar-refractivity contribution in [3.63, 3.8) is 0 Å². The Balaban J connectivity index is 2.09. The molecule has 0 saturated carbocycles. The minimum atomic E-state index is 0.650. The van der Waals surface area contributed by atoms with Gasteiger partial charge in [0, 0.05) is 18.8 Å². The van der Waals surface area contributed by atoms with Gasteiger partial charge in [0.1, 0.15) is 5.82 Å². The summed E-state index contributed by atoms with van der Waals surface area (Å²) in [5.74, 6) is 1.75. The largest absolute Gasteiger partial charge is 0.356 e. The molecule has 2 heterocycles. The number of hydrogen-bond acceptors (Lipinski definition) is 3. The molecule has 0 spiro atoms. The average Bonchev–Trinajstić information content (AvgIpc) is 2.66. The molecule has 76 valence electrons. The molecule has 3 heteroatoms. The van der Waals surface area contributed by atoms with E-state index >= 15 is 0 Å². The lowest BCUT2D eigenvalue weighted by Gasteiger charge is -2.17. The monoisotopic (exact) mass is 191 g/mol. The molecule has 2 rings (SSSR count). The number of rotatable bonds is 2. The third-order valence-corrected chi connectivity index (χ3v) is 2.82. The van der Waals surface area contributed by atoms with E-state index in [1.807, 2.05) is 13.0 Å². The molecule has 14 heavy (non-hydrogen) atoms. The van der Waals surface area contributed by atoms with E-state index in [2.05, 4.69) is 22.0 Å². The minimum absolute atomic E-state index is 0.650. The summed E-state index contributed by atoms with van der Waals surface area (Å²) in [4.78, 5) is 6.83. The summed E-state index contributed by atoms with van der Waals surface area (Å²) in [6.45, 7) is 4.98. The van der Waals surface area contributed by atoms with Crippen LogP contribution >= 0.6 is 0 Å². The van der Waals surface area contributed by atoms with Gasteiger partial charge in [-0.05, 0) is 37.9 Å². The average molecular weight is 191 g/mol. The van der Waals surface area contributed by atoms with Gasteiger partial charge < -0.3 is 10.6 Å². The lowest BCUT2D eigenvalue weighted by molar-refractivity contribution is 0.602. The summed E-state index contributed by atoms with van der Waals surface area (Å²) in [6, 6.07) is 6.17. The van der Waals surface area contributed by atoms with Gasteiger partial charge in [0.2, 0.25) is 0 Å². The zero-order valence-corrected chi connectivity index (χ0v) is 8.61. The molecule has 1 aliphatic heterocycles. The van der Waals surface area contributed by atoms with Crippen LogP contribution in [-0.2, 0) is 0 Å². The van der Waals surface area contributed by atoms with E-state index in [9.17, 15) is 0 Å². The van der Waals surface area contributed by atoms with Crippen molar-refractivity contribution in [2.24, 2.45) is 11.7 Å². The third kappa shape index (κ3) is 1.87. The van der Waals surface area contributed by atoms with Gasteiger partial charge in [0.15, 0.2) is 0 Å². The van der Waals surface area contributed by atoms with Crippen LogP contribution in [0.5, 0.6) is 0 Å². The SMILES string of the molecule is Cc1cccc(N2CCC(CN)C2)n1. The number of nitrogens with two attached hydrogens (primary N) is 1.